The van der Waals surface area contributed by atoms with E-state index in [4.69, 9.17) is 27.3 Å². The van der Waals surface area contributed by atoms with E-state index in [2.05, 4.69) is 58.2 Å². The molecule has 0 fully saturated rings. The molecule has 0 saturated heterocycles. The maximum absolute atomic E-state index is 6.79. The van der Waals surface area contributed by atoms with Crippen molar-refractivity contribution in [3.05, 3.63) is 76.7 Å². The summed E-state index contributed by atoms with van der Waals surface area (Å²) in [7, 11) is -0.215. The highest BCUT2D eigenvalue weighted by molar-refractivity contribution is 7.63. The number of rotatable bonds is 2. The van der Waals surface area contributed by atoms with Crippen LogP contribution in [0.25, 0.3) is 22.2 Å². The fraction of sp³-hybridized carbons (Fsp3) is 0.231. The van der Waals surface area contributed by atoms with Gasteiger partial charge in [0.05, 0.1) is 28.3 Å². The van der Waals surface area contributed by atoms with E-state index in [1.807, 2.05) is 24.4 Å². The van der Waals surface area contributed by atoms with Crippen molar-refractivity contribution in [2.75, 3.05) is 13.3 Å². The predicted octanol–water partition coefficient (Wildman–Crippen LogP) is 5.29. The summed E-state index contributed by atoms with van der Waals surface area (Å²) in [5.74, 6) is 2.04. The molecule has 4 aromatic rings. The van der Waals surface area contributed by atoms with Crippen LogP contribution >= 0.6 is 19.5 Å². The molecule has 34 heavy (non-hydrogen) atoms. The minimum atomic E-state index is -0.215. The second-order valence-electron chi connectivity index (χ2n) is 9.02. The number of amidine groups is 2. The molecule has 0 spiro atoms. The molecule has 2 unspecified atom stereocenters. The number of benzene rings is 2. The normalized spacial score (nSPS) is 19.2. The highest BCUT2D eigenvalue weighted by Crippen LogP contribution is 2.48. The van der Waals surface area contributed by atoms with Gasteiger partial charge in [-0.2, -0.15) is 0 Å². The Kier molecular flexibility index (Phi) is 5.05. The second kappa shape index (κ2) is 8.00. The largest absolute Gasteiger partial charge is 0.387 e. The van der Waals surface area contributed by atoms with E-state index in [-0.39, 0.29) is 20.0 Å². The number of nitrogens with zero attached hydrogens (tertiary/aromatic N) is 5. The Morgan fingerprint density at radius 3 is 2.71 bits per heavy atom. The second-order valence-corrected chi connectivity index (χ2v) is 11.7. The molecule has 2 bridgehead atoms. The van der Waals surface area contributed by atoms with Crippen molar-refractivity contribution in [2.24, 2.45) is 15.7 Å². The molecule has 2 aromatic heterocycles. The Bertz CT molecular complexity index is 1500. The minimum Gasteiger partial charge on any atom is -0.387 e. The van der Waals surface area contributed by atoms with E-state index in [1.54, 1.807) is 6.92 Å². The van der Waals surface area contributed by atoms with Gasteiger partial charge in [-0.25, -0.2) is 9.98 Å². The summed E-state index contributed by atoms with van der Waals surface area (Å²) in [6, 6.07) is 16.5. The van der Waals surface area contributed by atoms with Gasteiger partial charge in [-0.05, 0) is 50.1 Å². The molecule has 0 aliphatic carbocycles. The van der Waals surface area contributed by atoms with Crippen molar-refractivity contribution in [2.45, 2.75) is 25.4 Å². The van der Waals surface area contributed by atoms with Gasteiger partial charge in [0.25, 0.3) is 0 Å². The lowest BCUT2D eigenvalue weighted by atomic mass is 9.98. The molecule has 2 atom stereocenters. The van der Waals surface area contributed by atoms with E-state index in [1.165, 1.54) is 0 Å². The number of hydrogen-bond acceptors (Lipinski definition) is 4. The van der Waals surface area contributed by atoms with Gasteiger partial charge in [-0.3, -0.25) is 9.98 Å². The van der Waals surface area contributed by atoms with Crippen molar-refractivity contribution in [3.8, 4) is 11.1 Å². The number of aromatic nitrogens is 3. The Morgan fingerprint density at radius 1 is 1.15 bits per heavy atom. The standard InChI is InChI=1S/C26H24ClN6P/c1-14(28)30-25-17-5-4-6-18(27)24(17)22-12-20(31-25)26-32-19-9-7-15(11-21(19)33(22)26)16-8-10-23(29-13-16)34(2)3/h4-11,13,20,22H,12H2,1-3H3,(H2,28,30,31). The van der Waals surface area contributed by atoms with Crippen LogP contribution in [0.5, 0.6) is 0 Å². The first kappa shape index (κ1) is 21.5. The lowest BCUT2D eigenvalue weighted by Gasteiger charge is -2.19. The Morgan fingerprint density at radius 2 is 1.97 bits per heavy atom. The van der Waals surface area contributed by atoms with Crippen molar-refractivity contribution in [3.63, 3.8) is 0 Å². The third-order valence-electron chi connectivity index (χ3n) is 6.50. The molecule has 4 heterocycles. The molecule has 6 rings (SSSR count). The van der Waals surface area contributed by atoms with Gasteiger partial charge >= 0.3 is 0 Å². The van der Waals surface area contributed by atoms with Crippen molar-refractivity contribution in [1.82, 2.24) is 14.5 Å². The van der Waals surface area contributed by atoms with Crippen LogP contribution in [0, 0.1) is 0 Å². The van der Waals surface area contributed by atoms with Crippen molar-refractivity contribution in [1.29, 1.82) is 0 Å². The lowest BCUT2D eigenvalue weighted by Crippen LogP contribution is -2.15. The average molecular weight is 487 g/mol. The highest BCUT2D eigenvalue weighted by atomic mass is 35.5. The fourth-order valence-corrected chi connectivity index (χ4v) is 5.96. The van der Waals surface area contributed by atoms with Crippen LogP contribution in [-0.4, -0.2) is 39.5 Å². The molecular formula is C26H24ClN6P. The zero-order valence-electron chi connectivity index (χ0n) is 19.2. The van der Waals surface area contributed by atoms with Gasteiger partial charge in [0, 0.05) is 34.3 Å². The molecule has 6 nitrogen and oxygen atoms in total. The Hall–Kier alpha value is -3.08. The van der Waals surface area contributed by atoms with Crippen LogP contribution in [-0.2, 0) is 0 Å². The topological polar surface area (TPSA) is 81.5 Å². The van der Waals surface area contributed by atoms with Gasteiger partial charge < -0.3 is 10.3 Å². The number of nitrogens with two attached hydrogens (primary N) is 1. The summed E-state index contributed by atoms with van der Waals surface area (Å²) < 4.78 is 2.31. The molecule has 0 radical (unpaired) electrons. The predicted molar refractivity (Wildman–Crippen MR) is 142 cm³/mol. The highest BCUT2D eigenvalue weighted by Gasteiger charge is 2.40. The van der Waals surface area contributed by atoms with Crippen molar-refractivity contribution >= 4 is 47.7 Å². The summed E-state index contributed by atoms with van der Waals surface area (Å²) in [5, 5.41) is 0.710. The first-order chi connectivity index (χ1) is 16.4. The number of pyridine rings is 1. The molecular weight excluding hydrogens is 463 g/mol. The third kappa shape index (κ3) is 3.36. The van der Waals surface area contributed by atoms with Gasteiger partial charge in [0.2, 0.25) is 0 Å². The van der Waals surface area contributed by atoms with Gasteiger partial charge in [0.15, 0.2) is 5.84 Å². The number of fused-ring (bicyclic) bond motifs is 9. The smallest absolute Gasteiger partial charge is 0.157 e. The summed E-state index contributed by atoms with van der Waals surface area (Å²) in [5.41, 5.74) is 13.3. The molecule has 2 aromatic carbocycles. The summed E-state index contributed by atoms with van der Waals surface area (Å²) in [6.45, 7) is 6.21. The number of aliphatic imine (C=N–C) groups is 2. The molecule has 0 saturated carbocycles. The van der Waals surface area contributed by atoms with Gasteiger partial charge in [-0.1, -0.05) is 43.8 Å². The molecule has 8 heteroatoms. The van der Waals surface area contributed by atoms with Crippen LogP contribution in [0.1, 0.15) is 42.4 Å². The zero-order valence-corrected chi connectivity index (χ0v) is 20.8. The SMILES string of the molecule is CC(N)=NC1=NC2CC(c3c(Cl)cccc31)n1c2nc2ccc(-c3ccc(P(C)C)nc3)cc21. The van der Waals surface area contributed by atoms with Crippen molar-refractivity contribution < 1.29 is 0 Å². The molecule has 2 aliphatic rings. The van der Waals surface area contributed by atoms with Crippen LogP contribution in [0.2, 0.25) is 5.02 Å². The number of imidazole rings is 1. The maximum Gasteiger partial charge on any atom is 0.157 e. The van der Waals surface area contributed by atoms with E-state index in [9.17, 15) is 0 Å². The monoisotopic (exact) mass is 486 g/mol. The van der Waals surface area contributed by atoms with Gasteiger partial charge in [0.1, 0.15) is 11.9 Å². The fourth-order valence-electron chi connectivity index (χ4n) is 5.00. The molecule has 170 valence electrons. The first-order valence-electron chi connectivity index (χ1n) is 11.2. The average Bonchev–Trinajstić information content (AvgIpc) is 3.30. The van der Waals surface area contributed by atoms with Crippen LogP contribution in [0.3, 0.4) is 0 Å². The summed E-state index contributed by atoms with van der Waals surface area (Å²) in [4.78, 5) is 19.2. The van der Waals surface area contributed by atoms with Crippen LogP contribution in [0.4, 0.5) is 0 Å². The first-order valence-corrected chi connectivity index (χ1v) is 13.8. The summed E-state index contributed by atoms with van der Waals surface area (Å²) >= 11 is 6.79. The molecule has 2 aliphatic heterocycles. The van der Waals surface area contributed by atoms with Crippen LogP contribution in [0.15, 0.2) is 64.7 Å². The van der Waals surface area contributed by atoms with Crippen LogP contribution < -0.4 is 11.2 Å². The maximum atomic E-state index is 6.79. The van der Waals surface area contributed by atoms with E-state index < -0.39 is 0 Å². The summed E-state index contributed by atoms with van der Waals surface area (Å²) in [6.07, 6.45) is 2.77. The molecule has 2 N–H and O–H groups in total. The van der Waals surface area contributed by atoms with E-state index in [0.717, 1.165) is 51.0 Å². The lowest BCUT2D eigenvalue weighted by molar-refractivity contribution is 0.606. The minimum absolute atomic E-state index is 0.0303. The quantitative estimate of drug-likeness (QED) is 0.237. The van der Waals surface area contributed by atoms with E-state index >= 15 is 0 Å². The van der Waals surface area contributed by atoms with Gasteiger partial charge in [-0.15, -0.1) is 0 Å². The molecule has 0 amide bonds. The Balaban J connectivity index is 1.54. The van der Waals surface area contributed by atoms with E-state index in [0.29, 0.717) is 16.7 Å². The third-order valence-corrected chi connectivity index (χ3v) is 8.01. The Labute approximate surface area is 204 Å². The zero-order chi connectivity index (χ0) is 23.6. The number of hydrogen-bond donors (Lipinski definition) is 1. The number of halogens is 1.